The molecule has 0 saturated carbocycles. The van der Waals surface area contributed by atoms with Gasteiger partial charge >= 0.3 is 0 Å². The van der Waals surface area contributed by atoms with Crippen LogP contribution in [0.5, 0.6) is 5.75 Å². The number of ether oxygens (including phenoxy) is 1. The molecule has 1 unspecified atom stereocenters. The Bertz CT molecular complexity index is 477. The fraction of sp³-hybridized carbons (Fsp3) is 0.250. The minimum Gasteiger partial charge on any atom is -0.473 e. The predicted octanol–water partition coefficient (Wildman–Crippen LogP) is 1.86. The van der Waals surface area contributed by atoms with Gasteiger partial charge in [-0.3, -0.25) is 5.73 Å². The van der Waals surface area contributed by atoms with E-state index in [4.69, 9.17) is 10.5 Å². The van der Waals surface area contributed by atoms with Crippen molar-refractivity contribution in [2.75, 3.05) is 0 Å². The summed E-state index contributed by atoms with van der Waals surface area (Å²) in [4.78, 5) is 0. The zero-order chi connectivity index (χ0) is 11.5. The highest BCUT2D eigenvalue weighted by atomic mass is 16.5. The van der Waals surface area contributed by atoms with Gasteiger partial charge in [-0.15, -0.1) is 0 Å². The minimum atomic E-state index is -0.325. The molecule has 2 aromatic rings. The first-order valence-corrected chi connectivity index (χ1v) is 5.20. The van der Waals surface area contributed by atoms with E-state index in [1.54, 1.807) is 17.8 Å². The summed E-state index contributed by atoms with van der Waals surface area (Å²) in [6, 6.07) is 8.04. The van der Waals surface area contributed by atoms with Gasteiger partial charge in [0, 0.05) is 0 Å². The largest absolute Gasteiger partial charge is 0.473 e. The van der Waals surface area contributed by atoms with Crippen LogP contribution in [0.15, 0.2) is 36.7 Å². The lowest BCUT2D eigenvalue weighted by Crippen LogP contribution is -2.22. The average Bonchev–Trinajstić information content (AvgIpc) is 2.66. The van der Waals surface area contributed by atoms with Crippen LogP contribution in [0.3, 0.4) is 0 Å². The third-order valence-corrected chi connectivity index (χ3v) is 2.24. The maximum absolute atomic E-state index is 5.54. The summed E-state index contributed by atoms with van der Waals surface area (Å²) in [6.07, 6.45) is 3.16. The van der Waals surface area contributed by atoms with Crippen molar-refractivity contribution in [3.63, 3.8) is 0 Å². The first-order chi connectivity index (χ1) is 7.66. The van der Waals surface area contributed by atoms with Gasteiger partial charge in [0.1, 0.15) is 6.23 Å². The predicted molar refractivity (Wildman–Crippen MR) is 62.6 cm³/mol. The molecule has 0 spiro atoms. The van der Waals surface area contributed by atoms with E-state index in [1.165, 1.54) is 0 Å². The molecule has 1 aromatic carbocycles. The van der Waals surface area contributed by atoms with E-state index < -0.39 is 0 Å². The maximum atomic E-state index is 5.54. The molecule has 1 heterocycles. The van der Waals surface area contributed by atoms with Crippen LogP contribution in [-0.2, 0) is 0 Å². The fourth-order valence-corrected chi connectivity index (χ4v) is 1.53. The van der Waals surface area contributed by atoms with E-state index in [2.05, 4.69) is 5.10 Å². The quantitative estimate of drug-likeness (QED) is 0.798. The number of hydrogen-bond donors (Lipinski definition) is 1. The third kappa shape index (κ3) is 2.23. The lowest BCUT2D eigenvalue weighted by Gasteiger charge is -2.06. The van der Waals surface area contributed by atoms with E-state index in [0.717, 1.165) is 11.3 Å². The van der Waals surface area contributed by atoms with Crippen molar-refractivity contribution < 1.29 is 4.74 Å². The van der Waals surface area contributed by atoms with Gasteiger partial charge in [0.2, 0.25) is 0 Å². The van der Waals surface area contributed by atoms with Crippen molar-refractivity contribution in [1.82, 2.24) is 9.78 Å². The molecular weight excluding hydrogens is 202 g/mol. The topological polar surface area (TPSA) is 53.1 Å². The summed E-state index contributed by atoms with van der Waals surface area (Å²) in [5, 5.41) is 4.24. The molecule has 0 aliphatic carbocycles. The zero-order valence-electron chi connectivity index (χ0n) is 9.42. The highest BCUT2D eigenvalue weighted by Gasteiger charge is 2.04. The molecule has 0 amide bonds. The number of benzene rings is 1. The Kier molecular flexibility index (Phi) is 2.92. The summed E-state index contributed by atoms with van der Waals surface area (Å²) in [6.45, 7) is 3.83. The van der Waals surface area contributed by atoms with Gasteiger partial charge in [-0.25, -0.2) is 4.68 Å². The maximum Gasteiger partial charge on any atom is 0.160 e. The third-order valence-electron chi connectivity index (χ3n) is 2.24. The first kappa shape index (κ1) is 10.7. The van der Waals surface area contributed by atoms with Gasteiger partial charge in [0.05, 0.1) is 18.1 Å². The Morgan fingerprint density at radius 3 is 2.81 bits per heavy atom. The van der Waals surface area contributed by atoms with Gasteiger partial charge in [-0.05, 0) is 25.5 Å². The summed E-state index contributed by atoms with van der Waals surface area (Å²) >= 11 is 0. The number of nitrogens with zero attached hydrogens (tertiary/aromatic N) is 2. The number of hydrogen-bond acceptors (Lipinski definition) is 3. The molecule has 16 heavy (non-hydrogen) atoms. The standard InChI is InChI=1S/C12H15N3O/c1-9-5-3-4-6-12(9)15-8-11(7-14-15)16-10(2)13/h3-8,10H,13H2,1-2H3. The molecule has 2 rings (SSSR count). The van der Waals surface area contributed by atoms with Gasteiger partial charge in [-0.2, -0.15) is 5.10 Å². The average molecular weight is 217 g/mol. The van der Waals surface area contributed by atoms with Crippen molar-refractivity contribution in [3.8, 4) is 11.4 Å². The minimum absolute atomic E-state index is 0.325. The Balaban J connectivity index is 2.28. The monoisotopic (exact) mass is 217 g/mol. The Morgan fingerprint density at radius 2 is 2.12 bits per heavy atom. The number of aryl methyl sites for hydroxylation is 1. The molecule has 0 aliphatic heterocycles. The van der Waals surface area contributed by atoms with Crippen LogP contribution < -0.4 is 10.5 Å². The molecule has 2 N–H and O–H groups in total. The fourth-order valence-electron chi connectivity index (χ4n) is 1.53. The van der Waals surface area contributed by atoms with E-state index in [1.807, 2.05) is 37.4 Å². The smallest absolute Gasteiger partial charge is 0.160 e. The van der Waals surface area contributed by atoms with E-state index in [0.29, 0.717) is 5.75 Å². The van der Waals surface area contributed by atoms with Crippen molar-refractivity contribution in [2.24, 2.45) is 5.73 Å². The second kappa shape index (κ2) is 4.37. The van der Waals surface area contributed by atoms with Crippen LogP contribution in [0.4, 0.5) is 0 Å². The number of nitrogens with two attached hydrogens (primary N) is 1. The second-order valence-electron chi connectivity index (χ2n) is 3.73. The molecule has 0 bridgehead atoms. The lowest BCUT2D eigenvalue weighted by atomic mass is 10.2. The van der Waals surface area contributed by atoms with Crippen molar-refractivity contribution in [1.29, 1.82) is 0 Å². The van der Waals surface area contributed by atoms with Crippen LogP contribution in [-0.4, -0.2) is 16.0 Å². The number of aromatic nitrogens is 2. The van der Waals surface area contributed by atoms with Crippen molar-refractivity contribution >= 4 is 0 Å². The molecule has 4 nitrogen and oxygen atoms in total. The summed E-state index contributed by atoms with van der Waals surface area (Å²) in [5.74, 6) is 0.679. The molecule has 0 saturated heterocycles. The van der Waals surface area contributed by atoms with E-state index >= 15 is 0 Å². The SMILES string of the molecule is Cc1ccccc1-n1cc(OC(C)N)cn1. The van der Waals surface area contributed by atoms with Crippen LogP contribution in [0, 0.1) is 6.92 Å². The van der Waals surface area contributed by atoms with Gasteiger partial charge in [0.25, 0.3) is 0 Å². The summed E-state index contributed by atoms with van der Waals surface area (Å²) < 4.78 is 7.14. The van der Waals surface area contributed by atoms with Crippen molar-refractivity contribution in [3.05, 3.63) is 42.2 Å². The highest BCUT2D eigenvalue weighted by molar-refractivity contribution is 5.40. The van der Waals surface area contributed by atoms with Crippen LogP contribution in [0.25, 0.3) is 5.69 Å². The normalized spacial score (nSPS) is 12.4. The molecule has 84 valence electrons. The molecule has 1 atom stereocenters. The number of rotatable bonds is 3. The summed E-state index contributed by atoms with van der Waals surface area (Å²) in [7, 11) is 0. The molecule has 0 fully saturated rings. The lowest BCUT2D eigenvalue weighted by molar-refractivity contribution is 0.230. The molecule has 0 aliphatic rings. The Hall–Kier alpha value is -1.81. The molecule has 4 heteroatoms. The van der Waals surface area contributed by atoms with Gasteiger partial charge < -0.3 is 4.74 Å². The molecule has 0 radical (unpaired) electrons. The van der Waals surface area contributed by atoms with E-state index in [-0.39, 0.29) is 6.23 Å². The molecular formula is C12H15N3O. The van der Waals surface area contributed by atoms with Gasteiger partial charge in [0.15, 0.2) is 5.75 Å². The Labute approximate surface area is 94.6 Å². The van der Waals surface area contributed by atoms with E-state index in [9.17, 15) is 0 Å². The second-order valence-corrected chi connectivity index (χ2v) is 3.73. The molecule has 1 aromatic heterocycles. The van der Waals surface area contributed by atoms with Crippen LogP contribution >= 0.6 is 0 Å². The van der Waals surface area contributed by atoms with Gasteiger partial charge in [-0.1, -0.05) is 18.2 Å². The number of para-hydroxylation sites is 1. The highest BCUT2D eigenvalue weighted by Crippen LogP contribution is 2.16. The van der Waals surface area contributed by atoms with Crippen LogP contribution in [0.2, 0.25) is 0 Å². The van der Waals surface area contributed by atoms with Crippen molar-refractivity contribution in [2.45, 2.75) is 20.1 Å². The first-order valence-electron chi connectivity index (χ1n) is 5.20. The summed E-state index contributed by atoms with van der Waals surface area (Å²) in [5.41, 5.74) is 7.75. The Morgan fingerprint density at radius 1 is 1.38 bits per heavy atom. The zero-order valence-corrected chi connectivity index (χ0v) is 9.42. The van der Waals surface area contributed by atoms with Crippen LogP contribution in [0.1, 0.15) is 12.5 Å².